The number of carbonyl (C=O) groups excluding carboxylic acids is 3. The average molecular weight is 1040 g/mol. The molecular weight excluding hydrogens is 925 g/mol. The number of esters is 3. The molecule has 75 heavy (non-hydrogen) atoms. The van der Waals surface area contributed by atoms with Gasteiger partial charge in [0.25, 0.3) is 0 Å². The topological polar surface area (TPSA) is 78.9 Å². The van der Waals surface area contributed by atoms with E-state index in [-0.39, 0.29) is 31.1 Å². The van der Waals surface area contributed by atoms with Crippen LogP contribution in [0, 0.1) is 0 Å². The van der Waals surface area contributed by atoms with Gasteiger partial charge in [-0.25, -0.2) is 0 Å². The first-order chi connectivity index (χ1) is 37.0. The highest BCUT2D eigenvalue weighted by molar-refractivity contribution is 5.71. The van der Waals surface area contributed by atoms with Gasteiger partial charge in [-0.15, -0.1) is 0 Å². The van der Waals surface area contributed by atoms with E-state index in [2.05, 4.69) is 118 Å². The quantitative estimate of drug-likeness (QED) is 0.0261. The number of carbonyl (C=O) groups is 3. The van der Waals surface area contributed by atoms with Crippen LogP contribution >= 0.6 is 0 Å². The molecule has 0 saturated carbocycles. The van der Waals surface area contributed by atoms with Gasteiger partial charge in [-0.2, -0.15) is 0 Å². The zero-order valence-corrected chi connectivity index (χ0v) is 49.3. The maximum atomic E-state index is 12.9. The van der Waals surface area contributed by atoms with Gasteiger partial charge in [-0.05, 0) is 116 Å². The van der Waals surface area contributed by atoms with Gasteiger partial charge in [0.05, 0.1) is 0 Å². The first kappa shape index (κ1) is 71.3. The lowest BCUT2D eigenvalue weighted by molar-refractivity contribution is -0.167. The molecule has 0 N–H and O–H groups in total. The Morgan fingerprint density at radius 1 is 0.280 bits per heavy atom. The molecular formula is C69H118O6. The van der Waals surface area contributed by atoms with Crippen LogP contribution in [0.2, 0.25) is 0 Å². The Hall–Kier alpha value is -3.67. The van der Waals surface area contributed by atoms with E-state index in [9.17, 15) is 14.4 Å². The molecule has 0 aromatic rings. The smallest absolute Gasteiger partial charge is 0.306 e. The second-order valence-corrected chi connectivity index (χ2v) is 20.9. The second-order valence-electron chi connectivity index (χ2n) is 20.9. The minimum atomic E-state index is -0.789. The average Bonchev–Trinajstić information content (AvgIpc) is 3.41. The van der Waals surface area contributed by atoms with Crippen LogP contribution in [0.15, 0.2) is 97.2 Å². The maximum Gasteiger partial charge on any atom is 0.306 e. The highest BCUT2D eigenvalue weighted by Crippen LogP contribution is 2.16. The summed E-state index contributed by atoms with van der Waals surface area (Å²) in [5.74, 6) is -0.899. The molecule has 1 atom stereocenters. The Kier molecular flexibility index (Phi) is 59.8. The molecule has 0 amide bonds. The highest BCUT2D eigenvalue weighted by atomic mass is 16.6. The van der Waals surface area contributed by atoms with Crippen LogP contribution in [0.4, 0.5) is 0 Å². The van der Waals surface area contributed by atoms with Crippen LogP contribution in [0.1, 0.15) is 303 Å². The zero-order valence-electron chi connectivity index (χ0n) is 49.3. The van der Waals surface area contributed by atoms with Gasteiger partial charge >= 0.3 is 17.9 Å². The van der Waals surface area contributed by atoms with Crippen LogP contribution in [0.5, 0.6) is 0 Å². The first-order valence-electron chi connectivity index (χ1n) is 31.7. The van der Waals surface area contributed by atoms with Crippen molar-refractivity contribution < 1.29 is 28.6 Å². The summed E-state index contributed by atoms with van der Waals surface area (Å²) in [4.78, 5) is 38.3. The Morgan fingerprint density at radius 2 is 0.520 bits per heavy atom. The monoisotopic (exact) mass is 1040 g/mol. The largest absolute Gasteiger partial charge is 0.462 e. The molecule has 0 saturated heterocycles. The number of hydrogen-bond acceptors (Lipinski definition) is 6. The van der Waals surface area contributed by atoms with Gasteiger partial charge in [0.2, 0.25) is 0 Å². The van der Waals surface area contributed by atoms with Crippen molar-refractivity contribution in [1.82, 2.24) is 0 Å². The van der Waals surface area contributed by atoms with Crippen LogP contribution in [-0.4, -0.2) is 37.2 Å². The molecule has 6 heteroatoms. The molecule has 0 heterocycles. The summed E-state index contributed by atoms with van der Waals surface area (Å²) < 4.78 is 16.9. The van der Waals surface area contributed by atoms with Crippen molar-refractivity contribution >= 4 is 17.9 Å². The van der Waals surface area contributed by atoms with Crippen molar-refractivity contribution in [3.05, 3.63) is 97.2 Å². The lowest BCUT2D eigenvalue weighted by Gasteiger charge is -2.18. The number of allylic oxidation sites excluding steroid dienone is 16. The molecule has 0 spiro atoms. The number of ether oxygens (including phenoxy) is 3. The molecule has 0 fully saturated rings. The van der Waals surface area contributed by atoms with E-state index >= 15 is 0 Å². The summed E-state index contributed by atoms with van der Waals surface area (Å²) in [5.41, 5.74) is 0. The van der Waals surface area contributed by atoms with E-state index in [4.69, 9.17) is 14.2 Å². The third-order valence-corrected chi connectivity index (χ3v) is 13.6. The molecule has 0 aromatic carbocycles. The zero-order chi connectivity index (χ0) is 54.3. The van der Waals surface area contributed by atoms with Gasteiger partial charge in [-0.1, -0.05) is 266 Å². The third-order valence-electron chi connectivity index (χ3n) is 13.6. The molecule has 0 rings (SSSR count). The number of unbranched alkanes of at least 4 members (excludes halogenated alkanes) is 30. The minimum absolute atomic E-state index is 0.0849. The lowest BCUT2D eigenvalue weighted by atomic mass is 10.0. The van der Waals surface area contributed by atoms with Gasteiger partial charge in [0, 0.05) is 19.3 Å². The second kappa shape index (κ2) is 62.9. The van der Waals surface area contributed by atoms with E-state index in [1.165, 1.54) is 141 Å². The Morgan fingerprint density at radius 3 is 0.827 bits per heavy atom. The summed E-state index contributed by atoms with van der Waals surface area (Å²) in [7, 11) is 0. The summed E-state index contributed by atoms with van der Waals surface area (Å²) in [6.07, 6.45) is 84.1. The predicted octanol–water partition coefficient (Wildman–Crippen LogP) is 21.7. The molecule has 0 bridgehead atoms. The normalized spacial score (nSPS) is 12.7. The summed E-state index contributed by atoms with van der Waals surface area (Å²) in [6.45, 7) is 6.42. The van der Waals surface area contributed by atoms with Crippen molar-refractivity contribution in [2.75, 3.05) is 13.2 Å². The van der Waals surface area contributed by atoms with Gasteiger partial charge < -0.3 is 14.2 Å². The molecule has 0 aliphatic carbocycles. The molecule has 0 aliphatic heterocycles. The first-order valence-corrected chi connectivity index (χ1v) is 31.7. The minimum Gasteiger partial charge on any atom is -0.462 e. The van der Waals surface area contributed by atoms with Gasteiger partial charge in [-0.3, -0.25) is 14.4 Å². The maximum absolute atomic E-state index is 12.9. The number of rotatable bonds is 57. The molecule has 430 valence electrons. The fraction of sp³-hybridized carbons (Fsp3) is 0.725. The Labute approximate surface area is 464 Å². The lowest BCUT2D eigenvalue weighted by Crippen LogP contribution is -2.30. The van der Waals surface area contributed by atoms with Gasteiger partial charge in [0.15, 0.2) is 6.10 Å². The Bertz CT molecular complexity index is 1480. The van der Waals surface area contributed by atoms with E-state index in [0.717, 1.165) is 122 Å². The highest BCUT2D eigenvalue weighted by Gasteiger charge is 2.19. The Balaban J connectivity index is 4.34. The van der Waals surface area contributed by atoms with Crippen LogP contribution in [0.25, 0.3) is 0 Å². The van der Waals surface area contributed by atoms with Crippen LogP contribution in [0.3, 0.4) is 0 Å². The van der Waals surface area contributed by atoms with Crippen molar-refractivity contribution in [1.29, 1.82) is 0 Å². The molecule has 0 aliphatic rings. The van der Waals surface area contributed by atoms with E-state index < -0.39 is 6.10 Å². The fourth-order valence-electron chi connectivity index (χ4n) is 8.86. The van der Waals surface area contributed by atoms with Crippen LogP contribution in [-0.2, 0) is 28.6 Å². The third kappa shape index (κ3) is 61.1. The standard InChI is InChI=1S/C69H118O6/c1-4-7-10-13-16-19-22-25-28-30-31-32-33-34-35-36-37-39-41-44-47-50-53-56-59-62-68(71)74-65-66(64-73-67(70)61-58-55-52-49-46-43-40-27-24-21-18-15-12-9-6-3)75-69(72)63-60-57-54-51-48-45-42-38-29-26-23-20-17-14-11-8-5-2/h7,9-10,12,16,18-19,21,25-29,31-32,40,66H,4-6,8,11,13-15,17,20,22-24,30,33-39,41-65H2,1-3H3/b10-7-,12-9-,19-16-,21-18-,28-25-,29-26-,32-31-,40-27-. The fourth-order valence-corrected chi connectivity index (χ4v) is 8.86. The van der Waals surface area contributed by atoms with E-state index in [0.29, 0.717) is 19.3 Å². The van der Waals surface area contributed by atoms with Crippen molar-refractivity contribution in [2.45, 2.75) is 309 Å². The summed E-state index contributed by atoms with van der Waals surface area (Å²) >= 11 is 0. The van der Waals surface area contributed by atoms with Gasteiger partial charge in [0.1, 0.15) is 13.2 Å². The number of hydrogen-bond donors (Lipinski definition) is 0. The van der Waals surface area contributed by atoms with Crippen molar-refractivity contribution in [3.8, 4) is 0 Å². The summed E-state index contributed by atoms with van der Waals surface area (Å²) in [5, 5.41) is 0. The van der Waals surface area contributed by atoms with E-state index in [1.807, 2.05) is 0 Å². The molecule has 1 unspecified atom stereocenters. The predicted molar refractivity (Wildman–Crippen MR) is 325 cm³/mol. The molecule has 0 aromatic heterocycles. The SMILES string of the molecule is CC/C=C\C/C=C\C/C=C\C/C=C\CCCCCCCCCCCCCCC(=O)OCC(COC(=O)CCCCCCC/C=C\C/C=C\C/C=C\CC)OC(=O)CCCCCCCCC/C=C\CCCCCCCC. The summed E-state index contributed by atoms with van der Waals surface area (Å²) in [6, 6.07) is 0. The molecule has 0 radical (unpaired) electrons. The van der Waals surface area contributed by atoms with Crippen molar-refractivity contribution in [3.63, 3.8) is 0 Å². The molecule has 6 nitrogen and oxygen atoms in total. The van der Waals surface area contributed by atoms with E-state index in [1.54, 1.807) is 0 Å². The van der Waals surface area contributed by atoms with Crippen LogP contribution < -0.4 is 0 Å². The van der Waals surface area contributed by atoms with Crippen molar-refractivity contribution in [2.24, 2.45) is 0 Å².